The van der Waals surface area contributed by atoms with E-state index in [9.17, 15) is 0 Å². The van der Waals surface area contributed by atoms with Gasteiger partial charge in [-0.2, -0.15) is 0 Å². The molecule has 12 heavy (non-hydrogen) atoms. The van der Waals surface area contributed by atoms with Crippen LogP contribution in [-0.2, 0) is 0 Å². The molecule has 0 aromatic heterocycles. The first-order valence-electron chi connectivity index (χ1n) is 3.64. The van der Waals surface area contributed by atoms with E-state index in [-0.39, 0.29) is 0 Å². The first kappa shape index (κ1) is 8.59. The summed E-state index contributed by atoms with van der Waals surface area (Å²) in [6.07, 6.45) is 0. The van der Waals surface area contributed by atoms with Crippen molar-refractivity contribution in [3.05, 3.63) is 18.2 Å². The summed E-state index contributed by atoms with van der Waals surface area (Å²) >= 11 is 0. The highest BCUT2D eigenvalue weighted by Gasteiger charge is 1.99. The molecule has 0 aliphatic carbocycles. The smallest absolute Gasteiger partial charge is 0.121 e. The third kappa shape index (κ3) is 1.56. The second-order valence-corrected chi connectivity index (χ2v) is 2.29. The van der Waals surface area contributed by atoms with Gasteiger partial charge in [0.1, 0.15) is 5.75 Å². The Morgan fingerprint density at radius 3 is 2.75 bits per heavy atom. The molecule has 0 saturated carbocycles. The topological polar surface area (TPSA) is 33.6 Å². The second-order valence-electron chi connectivity index (χ2n) is 2.29. The molecule has 0 aliphatic heterocycles. The summed E-state index contributed by atoms with van der Waals surface area (Å²) in [6, 6.07) is 5.61. The molecule has 0 unspecified atom stereocenters. The summed E-state index contributed by atoms with van der Waals surface area (Å²) < 4.78 is 5.04. The van der Waals surface area contributed by atoms with Crippen molar-refractivity contribution in [2.45, 2.75) is 0 Å². The van der Waals surface area contributed by atoms with Crippen LogP contribution < -0.4 is 10.1 Å². The Bertz CT molecular complexity index is 284. The number of aliphatic imine (C=N–C) groups is 1. The predicted molar refractivity (Wildman–Crippen MR) is 51.7 cm³/mol. The monoisotopic (exact) mass is 164 g/mol. The maximum absolute atomic E-state index is 5.04. The average Bonchev–Trinajstić information content (AvgIpc) is 2.16. The van der Waals surface area contributed by atoms with Gasteiger partial charge >= 0.3 is 0 Å². The molecule has 3 heteroatoms. The van der Waals surface area contributed by atoms with E-state index in [4.69, 9.17) is 4.74 Å². The standard InChI is InChI=1S/C9H12N2O/c1-10-8-5-4-7(12-3)6-9(8)11-2/h4-6,10H,2H2,1,3H3. The van der Waals surface area contributed by atoms with E-state index in [1.807, 2.05) is 25.2 Å². The number of nitrogens with one attached hydrogen (secondary N) is 1. The van der Waals surface area contributed by atoms with Gasteiger partial charge in [-0.15, -0.1) is 0 Å². The molecular weight excluding hydrogens is 152 g/mol. The maximum Gasteiger partial charge on any atom is 0.121 e. The third-order valence-corrected chi connectivity index (χ3v) is 1.64. The van der Waals surface area contributed by atoms with Crippen LogP contribution in [0.15, 0.2) is 23.2 Å². The van der Waals surface area contributed by atoms with Gasteiger partial charge < -0.3 is 10.1 Å². The predicted octanol–water partition coefficient (Wildman–Crippen LogP) is 2.07. The number of nitrogens with zero attached hydrogens (tertiary/aromatic N) is 1. The molecule has 0 aliphatic rings. The largest absolute Gasteiger partial charge is 0.497 e. The van der Waals surface area contributed by atoms with Gasteiger partial charge in [-0.3, -0.25) is 4.99 Å². The Kier molecular flexibility index (Phi) is 2.69. The van der Waals surface area contributed by atoms with Crippen LogP contribution in [-0.4, -0.2) is 20.9 Å². The third-order valence-electron chi connectivity index (χ3n) is 1.64. The molecule has 0 radical (unpaired) electrons. The van der Waals surface area contributed by atoms with Gasteiger partial charge in [0.2, 0.25) is 0 Å². The van der Waals surface area contributed by atoms with Gasteiger partial charge in [0, 0.05) is 13.1 Å². The highest BCUT2D eigenvalue weighted by Crippen LogP contribution is 2.28. The molecule has 0 saturated heterocycles. The summed E-state index contributed by atoms with van der Waals surface area (Å²) in [5.41, 5.74) is 1.75. The lowest BCUT2D eigenvalue weighted by Gasteiger charge is -2.06. The first-order valence-corrected chi connectivity index (χ1v) is 3.64. The van der Waals surface area contributed by atoms with E-state index in [0.717, 1.165) is 17.1 Å². The Morgan fingerprint density at radius 2 is 2.25 bits per heavy atom. The molecule has 1 rings (SSSR count). The number of hydrogen-bond donors (Lipinski definition) is 1. The van der Waals surface area contributed by atoms with Crippen LogP contribution in [0, 0.1) is 0 Å². The molecule has 0 bridgehead atoms. The van der Waals surface area contributed by atoms with Gasteiger partial charge in [0.05, 0.1) is 18.5 Å². The van der Waals surface area contributed by atoms with Crippen LogP contribution in [0.3, 0.4) is 0 Å². The van der Waals surface area contributed by atoms with Crippen molar-refractivity contribution in [1.82, 2.24) is 0 Å². The van der Waals surface area contributed by atoms with E-state index in [0.29, 0.717) is 0 Å². The minimum Gasteiger partial charge on any atom is -0.497 e. The van der Waals surface area contributed by atoms with Crippen molar-refractivity contribution < 1.29 is 4.74 Å². The van der Waals surface area contributed by atoms with E-state index < -0.39 is 0 Å². The van der Waals surface area contributed by atoms with E-state index in [2.05, 4.69) is 17.0 Å². The number of anilines is 1. The lowest BCUT2D eigenvalue weighted by Crippen LogP contribution is -1.89. The van der Waals surface area contributed by atoms with Gasteiger partial charge in [0.25, 0.3) is 0 Å². The zero-order chi connectivity index (χ0) is 8.97. The molecular formula is C9H12N2O. The minimum absolute atomic E-state index is 0.788. The van der Waals surface area contributed by atoms with Crippen LogP contribution >= 0.6 is 0 Å². The van der Waals surface area contributed by atoms with Crippen molar-refractivity contribution in [1.29, 1.82) is 0 Å². The molecule has 0 atom stereocenters. The van der Waals surface area contributed by atoms with Crippen molar-refractivity contribution in [3.8, 4) is 5.75 Å². The Morgan fingerprint density at radius 1 is 1.50 bits per heavy atom. The molecule has 3 nitrogen and oxygen atoms in total. The number of methoxy groups -OCH3 is 1. The van der Waals surface area contributed by atoms with Crippen LogP contribution in [0.4, 0.5) is 11.4 Å². The van der Waals surface area contributed by atoms with Gasteiger partial charge in [-0.25, -0.2) is 0 Å². The zero-order valence-corrected chi connectivity index (χ0v) is 7.29. The molecule has 0 spiro atoms. The van der Waals surface area contributed by atoms with Crippen LogP contribution in [0.2, 0.25) is 0 Å². The number of rotatable bonds is 3. The Labute approximate surface area is 72.1 Å². The molecule has 1 N–H and O–H groups in total. The molecule has 1 aromatic rings. The highest BCUT2D eigenvalue weighted by molar-refractivity contribution is 5.69. The van der Waals surface area contributed by atoms with E-state index >= 15 is 0 Å². The average molecular weight is 164 g/mol. The fraction of sp³-hybridized carbons (Fsp3) is 0.222. The summed E-state index contributed by atoms with van der Waals surface area (Å²) in [5, 5.41) is 3.01. The zero-order valence-electron chi connectivity index (χ0n) is 7.29. The van der Waals surface area contributed by atoms with Crippen molar-refractivity contribution in [2.24, 2.45) is 4.99 Å². The number of ether oxygens (including phenoxy) is 1. The number of benzene rings is 1. The van der Waals surface area contributed by atoms with Crippen molar-refractivity contribution >= 4 is 18.1 Å². The lowest BCUT2D eigenvalue weighted by atomic mass is 10.2. The minimum atomic E-state index is 0.788. The van der Waals surface area contributed by atoms with Crippen LogP contribution in [0.1, 0.15) is 0 Å². The fourth-order valence-corrected chi connectivity index (χ4v) is 0.981. The van der Waals surface area contributed by atoms with E-state index in [1.165, 1.54) is 0 Å². The van der Waals surface area contributed by atoms with Gasteiger partial charge in [-0.1, -0.05) is 0 Å². The fourth-order valence-electron chi connectivity index (χ4n) is 0.981. The van der Waals surface area contributed by atoms with Gasteiger partial charge in [-0.05, 0) is 18.9 Å². The molecule has 0 amide bonds. The highest BCUT2D eigenvalue weighted by atomic mass is 16.5. The second kappa shape index (κ2) is 3.76. The Balaban J connectivity index is 3.10. The van der Waals surface area contributed by atoms with Crippen LogP contribution in [0.25, 0.3) is 0 Å². The SMILES string of the molecule is C=Nc1cc(OC)ccc1NC. The molecule has 0 fully saturated rings. The summed E-state index contributed by atoms with van der Waals surface area (Å²) in [7, 11) is 3.47. The Hall–Kier alpha value is -1.51. The van der Waals surface area contributed by atoms with Crippen molar-refractivity contribution in [2.75, 3.05) is 19.5 Å². The first-order chi connectivity index (χ1) is 5.81. The van der Waals surface area contributed by atoms with E-state index in [1.54, 1.807) is 7.11 Å². The normalized spacial score (nSPS) is 9.17. The summed E-state index contributed by atoms with van der Waals surface area (Å²) in [4.78, 5) is 3.86. The van der Waals surface area contributed by atoms with Gasteiger partial charge in [0.15, 0.2) is 0 Å². The number of hydrogen-bond acceptors (Lipinski definition) is 3. The summed E-state index contributed by atoms with van der Waals surface area (Å²) in [6.45, 7) is 3.47. The molecule has 0 heterocycles. The quantitative estimate of drug-likeness (QED) is 0.694. The van der Waals surface area contributed by atoms with Crippen LogP contribution in [0.5, 0.6) is 5.75 Å². The van der Waals surface area contributed by atoms with Crippen molar-refractivity contribution in [3.63, 3.8) is 0 Å². The molecule has 64 valence electrons. The molecule has 1 aromatic carbocycles. The maximum atomic E-state index is 5.04. The lowest BCUT2D eigenvalue weighted by molar-refractivity contribution is 0.415. The summed E-state index contributed by atoms with van der Waals surface area (Å²) in [5.74, 6) is 0.788.